The summed E-state index contributed by atoms with van der Waals surface area (Å²) in [4.78, 5) is 12.8. The Labute approximate surface area is 164 Å². The lowest BCUT2D eigenvalue weighted by atomic mass is 9.98. The molecule has 1 amide bonds. The molecule has 0 saturated heterocycles. The summed E-state index contributed by atoms with van der Waals surface area (Å²) in [6.07, 6.45) is 1.17. The molecule has 1 unspecified atom stereocenters. The first-order valence-corrected chi connectivity index (χ1v) is 10.8. The summed E-state index contributed by atoms with van der Waals surface area (Å²) in [7, 11) is -3.14. The second-order valence-corrected chi connectivity index (χ2v) is 8.78. The van der Waals surface area contributed by atoms with E-state index in [2.05, 4.69) is 5.32 Å². The van der Waals surface area contributed by atoms with Gasteiger partial charge in [-0.25, -0.2) is 12.8 Å². The highest BCUT2D eigenvalue weighted by molar-refractivity contribution is 7.89. The van der Waals surface area contributed by atoms with Crippen molar-refractivity contribution in [3.8, 4) is 0 Å². The van der Waals surface area contributed by atoms with Gasteiger partial charge in [0.05, 0.1) is 11.8 Å². The molecule has 1 N–H and O–H groups in total. The first-order valence-electron chi connectivity index (χ1n) is 8.70. The van der Waals surface area contributed by atoms with E-state index in [-0.39, 0.29) is 17.5 Å². The van der Waals surface area contributed by atoms with Gasteiger partial charge in [0.15, 0.2) is 9.84 Å². The first-order chi connectivity index (χ1) is 13.3. The largest absolute Gasteiger partial charge is 0.341 e. The molecular weight excluding hydrogens is 377 g/mol. The van der Waals surface area contributed by atoms with E-state index in [1.54, 1.807) is 36.4 Å². The van der Waals surface area contributed by atoms with Crippen LogP contribution in [0.25, 0.3) is 0 Å². The van der Waals surface area contributed by atoms with E-state index in [1.807, 2.05) is 30.3 Å². The Kier molecular flexibility index (Phi) is 5.90. The molecular formula is C22H20FNO3S. The van der Waals surface area contributed by atoms with Gasteiger partial charge in [-0.05, 0) is 41.0 Å². The lowest BCUT2D eigenvalue weighted by molar-refractivity contribution is 0.0943. The Morgan fingerprint density at radius 1 is 0.893 bits per heavy atom. The fourth-order valence-corrected chi connectivity index (χ4v) is 3.73. The van der Waals surface area contributed by atoms with Gasteiger partial charge in [0.1, 0.15) is 5.82 Å². The molecule has 0 aromatic heterocycles. The zero-order valence-electron chi connectivity index (χ0n) is 15.3. The van der Waals surface area contributed by atoms with Crippen molar-refractivity contribution in [3.05, 3.63) is 107 Å². The van der Waals surface area contributed by atoms with Crippen molar-refractivity contribution < 1.29 is 17.6 Å². The van der Waals surface area contributed by atoms with Gasteiger partial charge >= 0.3 is 0 Å². The number of hydrogen-bond acceptors (Lipinski definition) is 3. The third kappa shape index (κ3) is 5.27. The van der Waals surface area contributed by atoms with Gasteiger partial charge in [-0.15, -0.1) is 0 Å². The highest BCUT2D eigenvalue weighted by Gasteiger charge is 2.18. The third-order valence-corrected chi connectivity index (χ3v) is 5.11. The summed E-state index contributed by atoms with van der Waals surface area (Å²) in [5, 5.41) is 2.97. The van der Waals surface area contributed by atoms with Gasteiger partial charge in [-0.1, -0.05) is 54.6 Å². The highest BCUT2D eigenvalue weighted by atomic mass is 32.2. The fraction of sp³-hybridized carbons (Fsp3) is 0.136. The zero-order chi connectivity index (χ0) is 20.1. The molecule has 6 heteroatoms. The van der Waals surface area contributed by atoms with Crippen molar-refractivity contribution in [3.63, 3.8) is 0 Å². The maximum Gasteiger partial charge on any atom is 0.252 e. The molecule has 0 bridgehead atoms. The van der Waals surface area contributed by atoms with Crippen molar-refractivity contribution in [1.82, 2.24) is 5.32 Å². The number of sulfone groups is 1. The molecule has 144 valence electrons. The van der Waals surface area contributed by atoms with E-state index in [0.717, 1.165) is 11.1 Å². The molecule has 0 aliphatic carbocycles. The van der Waals surface area contributed by atoms with Crippen molar-refractivity contribution in [1.29, 1.82) is 0 Å². The minimum absolute atomic E-state index is 0.0723. The molecule has 0 saturated carbocycles. The van der Waals surface area contributed by atoms with E-state index in [1.165, 1.54) is 18.4 Å². The summed E-state index contributed by atoms with van der Waals surface area (Å²) in [6, 6.07) is 21.4. The van der Waals surface area contributed by atoms with Crippen LogP contribution in [-0.4, -0.2) is 20.6 Å². The van der Waals surface area contributed by atoms with Gasteiger partial charge in [0, 0.05) is 11.8 Å². The number of carbonyl (C=O) groups excluding carboxylic acids is 1. The average molecular weight is 397 g/mol. The number of benzene rings is 3. The Morgan fingerprint density at radius 3 is 2.04 bits per heavy atom. The van der Waals surface area contributed by atoms with Crippen molar-refractivity contribution >= 4 is 15.7 Å². The number of amides is 1. The van der Waals surface area contributed by atoms with Gasteiger partial charge in [-0.3, -0.25) is 4.79 Å². The van der Waals surface area contributed by atoms with Crippen LogP contribution >= 0.6 is 0 Å². The van der Waals surface area contributed by atoms with Crippen LogP contribution in [-0.2, 0) is 15.6 Å². The fourth-order valence-electron chi connectivity index (χ4n) is 2.93. The molecule has 0 radical (unpaired) electrons. The van der Waals surface area contributed by atoms with Gasteiger partial charge < -0.3 is 5.32 Å². The Bertz CT molecular complexity index is 1050. The minimum atomic E-state index is -3.14. The molecule has 0 aliphatic heterocycles. The lowest BCUT2D eigenvalue weighted by Crippen LogP contribution is -2.29. The average Bonchev–Trinajstić information content (AvgIpc) is 2.67. The molecule has 1 atom stereocenters. The van der Waals surface area contributed by atoms with E-state index in [4.69, 9.17) is 0 Å². The molecule has 0 aliphatic rings. The molecule has 0 fully saturated rings. The standard InChI is InChI=1S/C22H20FNO3S/c1-28(26,27)15-16-7-9-19(10-8-16)22(25)24-21(17-5-3-2-4-6-17)18-11-13-20(23)14-12-18/h2-14,21H,15H2,1H3,(H,24,25). The summed E-state index contributed by atoms with van der Waals surface area (Å²) in [5.41, 5.74) is 2.67. The molecule has 3 rings (SSSR count). The number of nitrogens with one attached hydrogen (secondary N) is 1. The predicted octanol–water partition coefficient (Wildman–Crippen LogP) is 3.89. The lowest BCUT2D eigenvalue weighted by Gasteiger charge is -2.20. The van der Waals surface area contributed by atoms with E-state index < -0.39 is 15.9 Å². The van der Waals surface area contributed by atoms with Crippen LogP contribution in [0.1, 0.15) is 33.1 Å². The molecule has 0 spiro atoms. The van der Waals surface area contributed by atoms with E-state index in [0.29, 0.717) is 11.1 Å². The molecule has 0 heterocycles. The first kappa shape index (κ1) is 19.8. The topological polar surface area (TPSA) is 63.2 Å². The van der Waals surface area contributed by atoms with Crippen LogP contribution in [0.2, 0.25) is 0 Å². The van der Waals surface area contributed by atoms with Gasteiger partial charge in [0.25, 0.3) is 5.91 Å². The van der Waals surface area contributed by atoms with Crippen LogP contribution in [0.4, 0.5) is 4.39 Å². The number of hydrogen-bond donors (Lipinski definition) is 1. The molecule has 28 heavy (non-hydrogen) atoms. The van der Waals surface area contributed by atoms with Crippen LogP contribution in [0, 0.1) is 5.82 Å². The quantitative estimate of drug-likeness (QED) is 0.686. The van der Waals surface area contributed by atoms with Crippen LogP contribution in [0.5, 0.6) is 0 Å². The third-order valence-electron chi connectivity index (χ3n) is 4.26. The van der Waals surface area contributed by atoms with Gasteiger partial charge in [0.2, 0.25) is 0 Å². The number of halogens is 1. The van der Waals surface area contributed by atoms with Crippen LogP contribution in [0.3, 0.4) is 0 Å². The van der Waals surface area contributed by atoms with Crippen molar-refractivity contribution in [2.75, 3.05) is 6.26 Å². The van der Waals surface area contributed by atoms with Crippen LogP contribution in [0.15, 0.2) is 78.9 Å². The van der Waals surface area contributed by atoms with E-state index in [9.17, 15) is 17.6 Å². The molecule has 4 nitrogen and oxygen atoms in total. The van der Waals surface area contributed by atoms with Crippen molar-refractivity contribution in [2.24, 2.45) is 0 Å². The Hall–Kier alpha value is -2.99. The monoisotopic (exact) mass is 397 g/mol. The Morgan fingerprint density at radius 2 is 1.46 bits per heavy atom. The number of carbonyl (C=O) groups is 1. The minimum Gasteiger partial charge on any atom is -0.341 e. The molecule has 3 aromatic rings. The van der Waals surface area contributed by atoms with E-state index >= 15 is 0 Å². The second kappa shape index (κ2) is 8.35. The zero-order valence-corrected chi connectivity index (χ0v) is 16.1. The highest BCUT2D eigenvalue weighted by Crippen LogP contribution is 2.23. The molecule has 3 aromatic carbocycles. The Balaban J connectivity index is 1.84. The second-order valence-electron chi connectivity index (χ2n) is 6.64. The summed E-state index contributed by atoms with van der Waals surface area (Å²) in [6.45, 7) is 0. The number of rotatable bonds is 6. The normalized spacial score (nSPS) is 12.4. The van der Waals surface area contributed by atoms with Crippen molar-refractivity contribution in [2.45, 2.75) is 11.8 Å². The summed E-state index contributed by atoms with van der Waals surface area (Å²) >= 11 is 0. The summed E-state index contributed by atoms with van der Waals surface area (Å²) < 4.78 is 36.1. The van der Waals surface area contributed by atoms with Crippen LogP contribution < -0.4 is 5.32 Å². The maximum absolute atomic E-state index is 13.3. The summed E-state index contributed by atoms with van der Waals surface area (Å²) in [5.74, 6) is -0.718. The SMILES string of the molecule is CS(=O)(=O)Cc1ccc(C(=O)NC(c2ccccc2)c2ccc(F)cc2)cc1. The maximum atomic E-state index is 13.3. The van der Waals surface area contributed by atoms with Gasteiger partial charge in [-0.2, -0.15) is 0 Å². The predicted molar refractivity (Wildman–Crippen MR) is 107 cm³/mol. The smallest absolute Gasteiger partial charge is 0.252 e.